The first kappa shape index (κ1) is 21.3. The SMILES string of the molecule is COc1cc(CNC(=O)c2cn(Cc3ccccc3)c3ccccc23)cc(OC)c1OC. The molecule has 0 aliphatic rings. The second-order valence-electron chi connectivity index (χ2n) is 7.39. The van der Waals surface area contributed by atoms with E-state index in [-0.39, 0.29) is 5.91 Å². The monoisotopic (exact) mass is 430 g/mol. The normalized spacial score (nSPS) is 10.7. The van der Waals surface area contributed by atoms with E-state index in [1.807, 2.05) is 60.8 Å². The van der Waals surface area contributed by atoms with E-state index in [1.165, 1.54) is 5.56 Å². The van der Waals surface area contributed by atoms with Crippen molar-refractivity contribution in [1.82, 2.24) is 9.88 Å². The van der Waals surface area contributed by atoms with Gasteiger partial charge in [-0.15, -0.1) is 0 Å². The number of nitrogens with zero attached hydrogens (tertiary/aromatic N) is 1. The van der Waals surface area contributed by atoms with Crippen LogP contribution in [0.25, 0.3) is 10.9 Å². The number of methoxy groups -OCH3 is 3. The van der Waals surface area contributed by atoms with Gasteiger partial charge < -0.3 is 24.1 Å². The Hall–Kier alpha value is -3.93. The molecule has 1 aromatic heterocycles. The molecule has 6 nitrogen and oxygen atoms in total. The first-order valence-electron chi connectivity index (χ1n) is 10.3. The lowest BCUT2D eigenvalue weighted by Crippen LogP contribution is -2.22. The summed E-state index contributed by atoms with van der Waals surface area (Å²) < 4.78 is 18.3. The van der Waals surface area contributed by atoms with Gasteiger partial charge in [-0.1, -0.05) is 48.5 Å². The molecule has 0 atom stereocenters. The summed E-state index contributed by atoms with van der Waals surface area (Å²) >= 11 is 0. The van der Waals surface area contributed by atoms with Crippen molar-refractivity contribution in [2.45, 2.75) is 13.1 Å². The van der Waals surface area contributed by atoms with Crippen molar-refractivity contribution < 1.29 is 19.0 Å². The zero-order valence-corrected chi connectivity index (χ0v) is 18.4. The van der Waals surface area contributed by atoms with E-state index < -0.39 is 0 Å². The summed E-state index contributed by atoms with van der Waals surface area (Å²) in [7, 11) is 4.70. The molecule has 1 N–H and O–H groups in total. The molecule has 1 amide bonds. The Bertz CT molecular complexity index is 1210. The minimum Gasteiger partial charge on any atom is -0.493 e. The summed E-state index contributed by atoms with van der Waals surface area (Å²) in [6, 6.07) is 21.8. The molecule has 0 fully saturated rings. The first-order chi connectivity index (χ1) is 15.6. The van der Waals surface area contributed by atoms with Crippen molar-refractivity contribution in [3.8, 4) is 17.2 Å². The average Bonchev–Trinajstić information content (AvgIpc) is 3.20. The van der Waals surface area contributed by atoms with E-state index in [1.54, 1.807) is 21.3 Å². The Labute approximate surface area is 187 Å². The number of fused-ring (bicyclic) bond motifs is 1. The van der Waals surface area contributed by atoms with Gasteiger partial charge in [0.2, 0.25) is 5.75 Å². The minimum atomic E-state index is -0.137. The highest BCUT2D eigenvalue weighted by Gasteiger charge is 2.17. The topological polar surface area (TPSA) is 61.7 Å². The van der Waals surface area contributed by atoms with Gasteiger partial charge in [0.15, 0.2) is 11.5 Å². The van der Waals surface area contributed by atoms with E-state index in [0.717, 1.165) is 16.5 Å². The zero-order chi connectivity index (χ0) is 22.5. The predicted molar refractivity (Wildman–Crippen MR) is 125 cm³/mol. The Kier molecular flexibility index (Phi) is 6.31. The fourth-order valence-corrected chi connectivity index (χ4v) is 3.85. The van der Waals surface area contributed by atoms with E-state index >= 15 is 0 Å². The summed E-state index contributed by atoms with van der Waals surface area (Å²) in [5.41, 5.74) is 3.69. The molecule has 0 radical (unpaired) electrons. The van der Waals surface area contributed by atoms with Crippen molar-refractivity contribution in [2.24, 2.45) is 0 Å². The molecule has 6 heteroatoms. The highest BCUT2D eigenvalue weighted by atomic mass is 16.5. The van der Waals surface area contributed by atoms with Gasteiger partial charge in [0.05, 0.1) is 26.9 Å². The molecular weight excluding hydrogens is 404 g/mol. The molecule has 164 valence electrons. The maximum atomic E-state index is 13.1. The number of ether oxygens (including phenoxy) is 3. The molecule has 3 aromatic carbocycles. The van der Waals surface area contributed by atoms with Gasteiger partial charge in [-0.3, -0.25) is 4.79 Å². The van der Waals surface area contributed by atoms with Crippen molar-refractivity contribution in [3.05, 3.63) is 89.6 Å². The van der Waals surface area contributed by atoms with Crippen molar-refractivity contribution in [3.63, 3.8) is 0 Å². The van der Waals surface area contributed by atoms with E-state index in [2.05, 4.69) is 22.0 Å². The smallest absolute Gasteiger partial charge is 0.253 e. The van der Waals surface area contributed by atoms with Crippen LogP contribution in [-0.2, 0) is 13.1 Å². The Morgan fingerprint density at radius 1 is 0.844 bits per heavy atom. The molecule has 0 aliphatic heterocycles. The van der Waals surface area contributed by atoms with Crippen LogP contribution in [0.5, 0.6) is 17.2 Å². The van der Waals surface area contributed by atoms with Crippen LogP contribution in [0.4, 0.5) is 0 Å². The number of hydrogen-bond donors (Lipinski definition) is 1. The molecule has 0 unspecified atom stereocenters. The Balaban J connectivity index is 1.58. The average molecular weight is 431 g/mol. The van der Waals surface area contributed by atoms with Crippen LogP contribution in [-0.4, -0.2) is 31.8 Å². The van der Waals surface area contributed by atoms with Gasteiger partial charge in [-0.25, -0.2) is 0 Å². The zero-order valence-electron chi connectivity index (χ0n) is 18.4. The van der Waals surface area contributed by atoms with Crippen LogP contribution in [0.3, 0.4) is 0 Å². The predicted octanol–water partition coefficient (Wildman–Crippen LogP) is 4.65. The van der Waals surface area contributed by atoms with Crippen LogP contribution in [0.15, 0.2) is 72.9 Å². The molecule has 4 rings (SSSR count). The number of aromatic nitrogens is 1. The fraction of sp³-hybridized carbons (Fsp3) is 0.192. The van der Waals surface area contributed by atoms with Gasteiger partial charge in [-0.05, 0) is 29.3 Å². The molecule has 0 spiro atoms. The quantitative estimate of drug-likeness (QED) is 0.442. The lowest BCUT2D eigenvalue weighted by Gasteiger charge is -2.14. The lowest BCUT2D eigenvalue weighted by atomic mass is 10.1. The third-order valence-corrected chi connectivity index (χ3v) is 5.41. The Morgan fingerprint density at radius 2 is 1.50 bits per heavy atom. The van der Waals surface area contributed by atoms with Crippen LogP contribution >= 0.6 is 0 Å². The van der Waals surface area contributed by atoms with Gasteiger partial charge in [0, 0.05) is 30.2 Å². The largest absolute Gasteiger partial charge is 0.493 e. The van der Waals surface area contributed by atoms with E-state index in [4.69, 9.17) is 14.2 Å². The fourth-order valence-electron chi connectivity index (χ4n) is 3.85. The van der Waals surface area contributed by atoms with Crippen molar-refractivity contribution in [1.29, 1.82) is 0 Å². The summed E-state index contributed by atoms with van der Waals surface area (Å²) in [6.07, 6.45) is 1.92. The highest BCUT2D eigenvalue weighted by molar-refractivity contribution is 6.07. The third-order valence-electron chi connectivity index (χ3n) is 5.41. The van der Waals surface area contributed by atoms with Gasteiger partial charge in [-0.2, -0.15) is 0 Å². The number of nitrogens with one attached hydrogen (secondary N) is 1. The van der Waals surface area contributed by atoms with Gasteiger partial charge in [0.1, 0.15) is 0 Å². The van der Waals surface area contributed by atoms with Crippen LogP contribution in [0.1, 0.15) is 21.5 Å². The Morgan fingerprint density at radius 3 is 2.16 bits per heavy atom. The van der Waals surface area contributed by atoms with Crippen LogP contribution in [0, 0.1) is 0 Å². The van der Waals surface area contributed by atoms with Gasteiger partial charge >= 0.3 is 0 Å². The molecule has 0 aliphatic carbocycles. The number of rotatable bonds is 8. The molecular formula is C26H26N2O4. The summed E-state index contributed by atoms with van der Waals surface area (Å²) in [6.45, 7) is 1.02. The highest BCUT2D eigenvalue weighted by Crippen LogP contribution is 2.38. The molecule has 0 bridgehead atoms. The van der Waals surface area contributed by atoms with Crippen molar-refractivity contribution in [2.75, 3.05) is 21.3 Å². The standard InChI is InChI=1S/C26H26N2O4/c1-30-23-13-19(14-24(31-2)25(23)32-3)15-27-26(29)21-17-28(16-18-9-5-4-6-10-18)22-12-8-7-11-20(21)22/h4-14,17H,15-16H2,1-3H3,(H,27,29). The molecule has 4 aromatic rings. The second-order valence-corrected chi connectivity index (χ2v) is 7.39. The number of benzene rings is 3. The van der Waals surface area contributed by atoms with Crippen LogP contribution in [0.2, 0.25) is 0 Å². The number of para-hydroxylation sites is 1. The summed E-state index contributed by atoms with van der Waals surface area (Å²) in [5.74, 6) is 1.49. The van der Waals surface area contributed by atoms with Crippen LogP contribution < -0.4 is 19.5 Å². The summed E-state index contributed by atoms with van der Waals surface area (Å²) in [5, 5.41) is 3.94. The van der Waals surface area contributed by atoms with Gasteiger partial charge in [0.25, 0.3) is 5.91 Å². The molecule has 32 heavy (non-hydrogen) atoms. The first-order valence-corrected chi connectivity index (χ1v) is 10.3. The van der Waals surface area contributed by atoms with Crippen molar-refractivity contribution >= 4 is 16.8 Å². The lowest BCUT2D eigenvalue weighted by molar-refractivity contribution is 0.0952. The number of carbonyl (C=O) groups excluding carboxylic acids is 1. The minimum absolute atomic E-state index is 0.137. The maximum absolute atomic E-state index is 13.1. The number of amides is 1. The maximum Gasteiger partial charge on any atom is 0.253 e. The van der Waals surface area contributed by atoms with E-state index in [0.29, 0.717) is 35.9 Å². The number of carbonyl (C=O) groups is 1. The molecule has 0 saturated heterocycles. The second kappa shape index (κ2) is 9.47. The summed E-state index contributed by atoms with van der Waals surface area (Å²) in [4.78, 5) is 13.1. The molecule has 0 saturated carbocycles. The molecule has 1 heterocycles. The third kappa shape index (κ3) is 4.25. The number of hydrogen-bond acceptors (Lipinski definition) is 4. The van der Waals surface area contributed by atoms with E-state index in [9.17, 15) is 4.79 Å².